The Balaban J connectivity index is 1.18. The van der Waals surface area contributed by atoms with Crippen LogP contribution < -0.4 is 31.7 Å². The third-order valence-corrected chi connectivity index (χ3v) is 13.3. The summed E-state index contributed by atoms with van der Waals surface area (Å²) in [5, 5.41) is 2.54. The van der Waals surface area contributed by atoms with E-state index in [4.69, 9.17) is 0 Å². The van der Waals surface area contributed by atoms with Gasteiger partial charge < -0.3 is 18.8 Å². The molecule has 0 aliphatic carbocycles. The average Bonchev–Trinajstić information content (AvgIpc) is 3.93. The Kier molecular flexibility index (Phi) is 5.89. The molecule has 0 radical (unpaired) electrons. The monoisotopic (exact) mass is 734 g/mol. The van der Waals surface area contributed by atoms with Gasteiger partial charge in [0.05, 0.1) is 5.69 Å². The molecular formula is C52H32B2N4. The summed E-state index contributed by atoms with van der Waals surface area (Å²) >= 11 is 0. The molecule has 6 heteroatoms. The quantitative estimate of drug-likeness (QED) is 0.168. The van der Waals surface area contributed by atoms with Gasteiger partial charge in [-0.1, -0.05) is 127 Å². The molecule has 0 bridgehead atoms. The molecule has 2 aromatic heterocycles. The lowest BCUT2D eigenvalue weighted by Gasteiger charge is -2.46. The summed E-state index contributed by atoms with van der Waals surface area (Å²) in [6, 6.07) is 67.8. The minimum atomic E-state index is -0.0313. The minimum absolute atomic E-state index is 0.0294. The molecule has 0 N–H and O–H groups in total. The van der Waals surface area contributed by atoms with E-state index in [-0.39, 0.29) is 13.7 Å². The van der Waals surface area contributed by atoms with Gasteiger partial charge in [-0.2, -0.15) is 0 Å². The van der Waals surface area contributed by atoms with E-state index in [2.05, 4.69) is 213 Å². The Hall–Kier alpha value is -7.43. The molecular weight excluding hydrogens is 702 g/mol. The van der Waals surface area contributed by atoms with Gasteiger partial charge in [0.15, 0.2) is 0 Å². The van der Waals surface area contributed by atoms with Gasteiger partial charge in [-0.05, 0) is 116 Å². The van der Waals surface area contributed by atoms with Crippen molar-refractivity contribution in [2.75, 3.05) is 9.80 Å². The zero-order valence-electron chi connectivity index (χ0n) is 31.4. The van der Waals surface area contributed by atoms with E-state index in [0.29, 0.717) is 0 Å². The fourth-order valence-corrected chi connectivity index (χ4v) is 11.1. The van der Waals surface area contributed by atoms with Crippen molar-refractivity contribution in [1.29, 1.82) is 0 Å². The average molecular weight is 734 g/mol. The first-order valence-corrected chi connectivity index (χ1v) is 20.2. The third-order valence-electron chi connectivity index (χ3n) is 13.3. The molecule has 266 valence electrons. The number of para-hydroxylation sites is 4. The Morgan fingerprint density at radius 2 is 0.966 bits per heavy atom. The van der Waals surface area contributed by atoms with Crippen LogP contribution in [0.3, 0.4) is 0 Å². The molecule has 8 aromatic carbocycles. The highest BCUT2D eigenvalue weighted by Gasteiger charge is 2.49. The number of aromatic nitrogens is 2. The Bertz CT molecular complexity index is 3370. The van der Waals surface area contributed by atoms with Crippen LogP contribution in [0.15, 0.2) is 194 Å². The van der Waals surface area contributed by atoms with Crippen molar-refractivity contribution in [2.24, 2.45) is 0 Å². The summed E-state index contributed by atoms with van der Waals surface area (Å²) in [4.78, 5) is 5.15. The van der Waals surface area contributed by atoms with Gasteiger partial charge in [0.25, 0.3) is 0 Å². The Morgan fingerprint density at radius 3 is 1.69 bits per heavy atom. The first-order valence-electron chi connectivity index (χ1n) is 20.2. The lowest BCUT2D eigenvalue weighted by Crippen LogP contribution is -2.61. The number of rotatable bonds is 3. The van der Waals surface area contributed by atoms with E-state index in [0.717, 1.165) is 11.4 Å². The highest BCUT2D eigenvalue weighted by Crippen LogP contribution is 2.51. The molecule has 0 saturated carbocycles. The van der Waals surface area contributed by atoms with Crippen LogP contribution in [0.1, 0.15) is 0 Å². The lowest BCUT2D eigenvalue weighted by molar-refractivity contribution is 1.21. The highest BCUT2D eigenvalue weighted by molar-refractivity contribution is 6.92. The van der Waals surface area contributed by atoms with E-state index in [1.807, 2.05) is 0 Å². The van der Waals surface area contributed by atoms with Crippen molar-refractivity contribution >= 4 is 91.5 Å². The second-order valence-corrected chi connectivity index (χ2v) is 16.1. The van der Waals surface area contributed by atoms with Crippen molar-refractivity contribution < 1.29 is 0 Å². The normalized spacial score (nSPS) is 13.7. The van der Waals surface area contributed by atoms with Crippen LogP contribution in [-0.2, 0) is 0 Å². The molecule has 0 amide bonds. The van der Waals surface area contributed by atoms with Crippen molar-refractivity contribution in [2.45, 2.75) is 0 Å². The Morgan fingerprint density at radius 1 is 0.362 bits per heavy atom. The molecule has 0 atom stereocenters. The van der Waals surface area contributed by atoms with Gasteiger partial charge in [-0.25, -0.2) is 0 Å². The van der Waals surface area contributed by atoms with Crippen molar-refractivity contribution in [3.05, 3.63) is 194 Å². The van der Waals surface area contributed by atoms with Gasteiger partial charge in [0.2, 0.25) is 0 Å². The summed E-state index contributed by atoms with van der Waals surface area (Å²) in [5.74, 6) is 0. The van der Waals surface area contributed by atoms with Crippen molar-refractivity contribution in [1.82, 2.24) is 8.96 Å². The summed E-state index contributed by atoms with van der Waals surface area (Å²) in [7, 11) is 0. The summed E-state index contributed by atoms with van der Waals surface area (Å²) in [6.45, 7) is -0.0608. The van der Waals surface area contributed by atoms with E-state index >= 15 is 0 Å². The molecule has 0 unspecified atom stereocenters. The first-order chi connectivity index (χ1) is 28.8. The van der Waals surface area contributed by atoms with Crippen molar-refractivity contribution in [3.8, 4) is 33.4 Å². The molecule has 0 spiro atoms. The van der Waals surface area contributed by atoms with Crippen molar-refractivity contribution in [3.63, 3.8) is 0 Å². The zero-order valence-corrected chi connectivity index (χ0v) is 31.4. The molecule has 4 aliphatic heterocycles. The standard InChI is InChI=1S/C52H32B2N4/c1-4-13-33(14-5-1)36-25-26-42-45(31-36)57(37-17-6-2-7-18-37)46-32-43-52(47-41-23-11-16-35-28-30-56(51(35)41)53(42)49(46)47)58(38-19-8-3-9-20-38)44-24-12-21-39-40-22-10-15-34-27-29-55(50(34)40)54(43)48(39)44/h1-32H. The maximum absolute atomic E-state index is 2.59. The van der Waals surface area contributed by atoms with Gasteiger partial charge >= 0.3 is 13.7 Å². The maximum atomic E-state index is 2.59. The number of anilines is 6. The van der Waals surface area contributed by atoms with Crippen LogP contribution in [-0.4, -0.2) is 22.7 Å². The molecule has 0 saturated heterocycles. The van der Waals surface area contributed by atoms with Crippen LogP contribution in [0.2, 0.25) is 0 Å². The summed E-state index contributed by atoms with van der Waals surface area (Å²) in [6.07, 6.45) is 4.65. The minimum Gasteiger partial charge on any atom is -0.382 e. The topological polar surface area (TPSA) is 16.3 Å². The zero-order chi connectivity index (χ0) is 37.6. The predicted octanol–water partition coefficient (Wildman–Crippen LogP) is 10.1. The molecule has 6 heterocycles. The van der Waals surface area contributed by atoms with Crippen LogP contribution in [0.5, 0.6) is 0 Å². The van der Waals surface area contributed by atoms with Gasteiger partial charge in [0, 0.05) is 56.2 Å². The fraction of sp³-hybridized carbons (Fsp3) is 0. The number of hydrogen-bond donors (Lipinski definition) is 0. The number of benzene rings is 8. The lowest BCUT2D eigenvalue weighted by atomic mass is 9.41. The Labute approximate surface area is 336 Å². The molecule has 0 fully saturated rings. The van der Waals surface area contributed by atoms with E-state index in [9.17, 15) is 0 Å². The summed E-state index contributed by atoms with van der Waals surface area (Å²) in [5.41, 5.74) is 22.8. The second-order valence-electron chi connectivity index (χ2n) is 16.1. The smallest absolute Gasteiger partial charge is 0.332 e. The molecule has 14 rings (SSSR count). The molecule has 4 nitrogen and oxygen atoms in total. The highest BCUT2D eigenvalue weighted by atomic mass is 15.2. The van der Waals surface area contributed by atoms with Gasteiger partial charge in [-0.15, -0.1) is 0 Å². The van der Waals surface area contributed by atoms with Crippen LogP contribution in [0, 0.1) is 0 Å². The van der Waals surface area contributed by atoms with Crippen LogP contribution >= 0.6 is 0 Å². The number of fused-ring (bicyclic) bond motifs is 9. The second kappa shape index (κ2) is 11.1. The molecule has 10 aromatic rings. The van der Waals surface area contributed by atoms with E-state index in [1.54, 1.807) is 0 Å². The van der Waals surface area contributed by atoms with Gasteiger partial charge in [0.1, 0.15) is 0 Å². The SMILES string of the molecule is c1ccc(-c2ccc3c(c2)N(c2ccccc2)c2cc4c(c5c2B3n2ccc3cccc-5c32)N(c2ccccc2)c2cccc3c2B4n2ccc4cccc-3c42)cc1. The number of nitrogens with zero attached hydrogens (tertiary/aromatic N) is 4. The summed E-state index contributed by atoms with van der Waals surface area (Å²) < 4.78 is 5.12. The predicted molar refractivity (Wildman–Crippen MR) is 244 cm³/mol. The first kappa shape index (κ1) is 30.7. The van der Waals surface area contributed by atoms with Crippen LogP contribution in [0.25, 0.3) is 55.2 Å². The fourth-order valence-electron chi connectivity index (χ4n) is 11.1. The number of hydrogen-bond acceptors (Lipinski definition) is 2. The third kappa shape index (κ3) is 3.82. The largest absolute Gasteiger partial charge is 0.382 e. The molecule has 58 heavy (non-hydrogen) atoms. The maximum Gasteiger partial charge on any atom is 0.332 e. The van der Waals surface area contributed by atoms with E-state index in [1.165, 1.54) is 99.8 Å². The van der Waals surface area contributed by atoms with E-state index < -0.39 is 0 Å². The van der Waals surface area contributed by atoms with Gasteiger partial charge in [-0.3, -0.25) is 0 Å². The molecule has 4 aliphatic rings. The van der Waals surface area contributed by atoms with Crippen LogP contribution in [0.4, 0.5) is 34.1 Å².